The number of thiophene rings is 1. The zero-order valence-corrected chi connectivity index (χ0v) is 13.0. The zero-order valence-electron chi connectivity index (χ0n) is 12.1. The predicted molar refractivity (Wildman–Crippen MR) is 87.4 cm³/mol. The third-order valence-electron chi connectivity index (χ3n) is 3.99. The van der Waals surface area contributed by atoms with Crippen LogP contribution in [0.4, 0.5) is 0 Å². The summed E-state index contributed by atoms with van der Waals surface area (Å²) in [5, 5.41) is 5.89. The number of nitrogens with one attached hydrogen (secondary N) is 1. The second-order valence-corrected chi connectivity index (χ2v) is 7.05. The van der Waals surface area contributed by atoms with Crippen LogP contribution < -0.4 is 5.32 Å². The summed E-state index contributed by atoms with van der Waals surface area (Å²) < 4.78 is 0. The second-order valence-electron chi connectivity index (χ2n) is 6.02. The van der Waals surface area contributed by atoms with Crippen molar-refractivity contribution >= 4 is 11.3 Å². The maximum absolute atomic E-state index is 3.71. The fourth-order valence-electron chi connectivity index (χ4n) is 2.61. The molecular formula is C18H23NS. The first-order valence-electron chi connectivity index (χ1n) is 7.61. The molecule has 2 heteroatoms. The molecule has 1 aliphatic rings. The highest BCUT2D eigenvalue weighted by Gasteiger charge is 2.22. The van der Waals surface area contributed by atoms with E-state index >= 15 is 0 Å². The Morgan fingerprint density at radius 3 is 2.60 bits per heavy atom. The van der Waals surface area contributed by atoms with E-state index in [1.54, 1.807) is 0 Å². The van der Waals surface area contributed by atoms with E-state index in [4.69, 9.17) is 0 Å². The molecule has 2 aromatic rings. The minimum Gasteiger partial charge on any atom is -0.314 e. The first-order chi connectivity index (χ1) is 9.79. The third kappa shape index (κ3) is 4.19. The van der Waals surface area contributed by atoms with E-state index in [1.165, 1.54) is 41.7 Å². The van der Waals surface area contributed by atoms with Gasteiger partial charge in [-0.15, -0.1) is 11.3 Å². The van der Waals surface area contributed by atoms with E-state index in [2.05, 4.69) is 54.0 Å². The van der Waals surface area contributed by atoms with Crippen molar-refractivity contribution in [2.75, 3.05) is 6.54 Å². The summed E-state index contributed by atoms with van der Waals surface area (Å²) in [5.74, 6) is 0.706. The van der Waals surface area contributed by atoms with Gasteiger partial charge in [0.05, 0.1) is 0 Å². The Hall–Kier alpha value is -1.12. The van der Waals surface area contributed by atoms with Gasteiger partial charge in [-0.25, -0.2) is 0 Å². The van der Waals surface area contributed by atoms with Crippen LogP contribution >= 0.6 is 11.3 Å². The SMILES string of the molecule is Cc1ccc(CC(CNC2CC2)Cc2cccs2)cc1. The molecule has 0 amide bonds. The van der Waals surface area contributed by atoms with E-state index in [1.807, 2.05) is 11.3 Å². The van der Waals surface area contributed by atoms with Gasteiger partial charge in [-0.3, -0.25) is 0 Å². The summed E-state index contributed by atoms with van der Waals surface area (Å²) in [5.41, 5.74) is 2.81. The molecular weight excluding hydrogens is 262 g/mol. The second kappa shape index (κ2) is 6.55. The molecule has 1 fully saturated rings. The molecule has 0 spiro atoms. The molecule has 3 rings (SSSR count). The predicted octanol–water partition coefficient (Wildman–Crippen LogP) is 4.21. The summed E-state index contributed by atoms with van der Waals surface area (Å²) in [4.78, 5) is 1.51. The van der Waals surface area contributed by atoms with Crippen molar-refractivity contribution in [3.63, 3.8) is 0 Å². The maximum Gasteiger partial charge on any atom is 0.00683 e. The normalized spacial score (nSPS) is 16.2. The lowest BCUT2D eigenvalue weighted by Gasteiger charge is -2.17. The summed E-state index contributed by atoms with van der Waals surface area (Å²) in [7, 11) is 0. The van der Waals surface area contributed by atoms with Crippen molar-refractivity contribution in [2.45, 2.75) is 38.6 Å². The van der Waals surface area contributed by atoms with Crippen LogP contribution in [0.3, 0.4) is 0 Å². The number of rotatable bonds is 7. The molecule has 1 atom stereocenters. The van der Waals surface area contributed by atoms with Crippen LogP contribution in [0.5, 0.6) is 0 Å². The molecule has 1 heterocycles. The van der Waals surface area contributed by atoms with E-state index in [-0.39, 0.29) is 0 Å². The van der Waals surface area contributed by atoms with Gasteiger partial charge in [0.1, 0.15) is 0 Å². The Kier molecular flexibility index (Phi) is 4.54. The Balaban J connectivity index is 1.61. The monoisotopic (exact) mass is 285 g/mol. The Labute approximate surface area is 126 Å². The van der Waals surface area contributed by atoms with Gasteiger partial charge in [0.2, 0.25) is 0 Å². The fraction of sp³-hybridized carbons (Fsp3) is 0.444. The Bertz CT molecular complexity index is 511. The van der Waals surface area contributed by atoms with Gasteiger partial charge < -0.3 is 5.32 Å². The molecule has 20 heavy (non-hydrogen) atoms. The quantitative estimate of drug-likeness (QED) is 0.803. The topological polar surface area (TPSA) is 12.0 Å². The number of hydrogen-bond donors (Lipinski definition) is 1. The molecule has 0 saturated heterocycles. The summed E-state index contributed by atoms with van der Waals surface area (Å²) >= 11 is 1.89. The van der Waals surface area contributed by atoms with Crippen molar-refractivity contribution in [2.24, 2.45) is 5.92 Å². The summed E-state index contributed by atoms with van der Waals surface area (Å²) in [6.07, 6.45) is 5.12. The van der Waals surface area contributed by atoms with Crippen molar-refractivity contribution in [1.29, 1.82) is 0 Å². The Morgan fingerprint density at radius 1 is 1.15 bits per heavy atom. The molecule has 1 N–H and O–H groups in total. The Morgan fingerprint density at radius 2 is 1.95 bits per heavy atom. The summed E-state index contributed by atoms with van der Waals surface area (Å²) in [6, 6.07) is 14.3. The molecule has 1 saturated carbocycles. The van der Waals surface area contributed by atoms with Crippen molar-refractivity contribution in [3.8, 4) is 0 Å². The number of aryl methyl sites for hydroxylation is 1. The summed E-state index contributed by atoms with van der Waals surface area (Å²) in [6.45, 7) is 3.30. The van der Waals surface area contributed by atoms with Crippen LogP contribution in [-0.4, -0.2) is 12.6 Å². The molecule has 1 aliphatic carbocycles. The first kappa shape index (κ1) is 13.8. The van der Waals surface area contributed by atoms with Crippen LogP contribution in [0, 0.1) is 12.8 Å². The lowest BCUT2D eigenvalue weighted by molar-refractivity contribution is 0.471. The first-order valence-corrected chi connectivity index (χ1v) is 8.49. The van der Waals surface area contributed by atoms with Crippen LogP contribution in [0.1, 0.15) is 28.8 Å². The highest BCUT2D eigenvalue weighted by atomic mass is 32.1. The average Bonchev–Trinajstić information content (AvgIpc) is 3.15. The minimum atomic E-state index is 0.706. The van der Waals surface area contributed by atoms with Gasteiger partial charge in [-0.2, -0.15) is 0 Å². The molecule has 0 bridgehead atoms. The number of hydrogen-bond acceptors (Lipinski definition) is 2. The van der Waals surface area contributed by atoms with Gasteiger partial charge in [-0.1, -0.05) is 35.9 Å². The van der Waals surface area contributed by atoms with Crippen molar-refractivity contribution in [1.82, 2.24) is 5.32 Å². The highest BCUT2D eigenvalue weighted by Crippen LogP contribution is 2.22. The van der Waals surface area contributed by atoms with Gasteiger partial charge in [0.15, 0.2) is 0 Å². The van der Waals surface area contributed by atoms with E-state index in [9.17, 15) is 0 Å². The van der Waals surface area contributed by atoms with E-state index in [0.717, 1.165) is 12.6 Å². The maximum atomic E-state index is 3.71. The van der Waals surface area contributed by atoms with E-state index in [0.29, 0.717) is 5.92 Å². The molecule has 1 aromatic heterocycles. The molecule has 0 radical (unpaired) electrons. The molecule has 1 nitrogen and oxygen atoms in total. The van der Waals surface area contributed by atoms with Gasteiger partial charge in [-0.05, 0) is 62.1 Å². The standard InChI is InChI=1S/C18H23NS/c1-14-4-6-15(7-5-14)11-16(13-19-17-8-9-17)12-18-3-2-10-20-18/h2-7,10,16-17,19H,8-9,11-13H2,1H3. The zero-order chi connectivity index (χ0) is 13.8. The lowest BCUT2D eigenvalue weighted by Crippen LogP contribution is -2.27. The average molecular weight is 285 g/mol. The van der Waals surface area contributed by atoms with Crippen molar-refractivity contribution < 1.29 is 0 Å². The third-order valence-corrected chi connectivity index (χ3v) is 4.89. The molecule has 106 valence electrons. The lowest BCUT2D eigenvalue weighted by atomic mass is 9.95. The smallest absolute Gasteiger partial charge is 0.00683 e. The van der Waals surface area contributed by atoms with Crippen LogP contribution in [-0.2, 0) is 12.8 Å². The van der Waals surface area contributed by atoms with Crippen LogP contribution in [0.25, 0.3) is 0 Å². The molecule has 0 aliphatic heterocycles. The van der Waals surface area contributed by atoms with Crippen LogP contribution in [0.15, 0.2) is 41.8 Å². The van der Waals surface area contributed by atoms with Crippen LogP contribution in [0.2, 0.25) is 0 Å². The fourth-order valence-corrected chi connectivity index (χ4v) is 3.43. The van der Waals surface area contributed by atoms with E-state index < -0.39 is 0 Å². The van der Waals surface area contributed by atoms with Gasteiger partial charge in [0.25, 0.3) is 0 Å². The molecule has 1 unspecified atom stereocenters. The van der Waals surface area contributed by atoms with Gasteiger partial charge in [0, 0.05) is 10.9 Å². The highest BCUT2D eigenvalue weighted by molar-refractivity contribution is 7.09. The largest absolute Gasteiger partial charge is 0.314 e. The molecule has 1 aromatic carbocycles. The van der Waals surface area contributed by atoms with Gasteiger partial charge >= 0.3 is 0 Å². The number of benzene rings is 1. The minimum absolute atomic E-state index is 0.706. The van der Waals surface area contributed by atoms with Crippen molar-refractivity contribution in [3.05, 3.63) is 57.8 Å².